The third kappa shape index (κ3) is 4.73. The summed E-state index contributed by atoms with van der Waals surface area (Å²) in [5.41, 5.74) is 1.04. The molecule has 0 spiro atoms. The van der Waals surface area contributed by atoms with Crippen molar-refractivity contribution < 1.29 is 27.5 Å². The van der Waals surface area contributed by atoms with Gasteiger partial charge < -0.3 is 19.5 Å². The van der Waals surface area contributed by atoms with Crippen LogP contribution in [0.2, 0.25) is 0 Å². The number of imidazole rings is 1. The van der Waals surface area contributed by atoms with Gasteiger partial charge in [0.25, 0.3) is 11.8 Å². The molecule has 3 heterocycles. The highest BCUT2D eigenvalue weighted by Crippen LogP contribution is 2.33. The van der Waals surface area contributed by atoms with E-state index in [9.17, 15) is 22.8 Å². The Morgan fingerprint density at radius 2 is 1.94 bits per heavy atom. The molecule has 1 aromatic heterocycles. The fraction of sp³-hybridized carbons (Fsp3) is 0.375. The van der Waals surface area contributed by atoms with Crippen LogP contribution in [-0.2, 0) is 15.7 Å². The minimum absolute atomic E-state index is 0.0137. The molecule has 0 bridgehead atoms. The first-order valence-corrected chi connectivity index (χ1v) is 11.4. The zero-order chi connectivity index (χ0) is 24.6. The van der Waals surface area contributed by atoms with Crippen LogP contribution in [0.25, 0.3) is 11.0 Å². The van der Waals surface area contributed by atoms with Crippen molar-refractivity contribution >= 4 is 34.5 Å². The normalized spacial score (nSPS) is 17.7. The molecule has 2 aromatic carbocycles. The van der Waals surface area contributed by atoms with Crippen molar-refractivity contribution in [2.24, 2.45) is 0 Å². The lowest BCUT2D eigenvalue weighted by atomic mass is 10.1. The Bertz CT molecular complexity index is 1270. The number of hydrogen-bond acceptors (Lipinski definition) is 5. The number of carbonyl (C=O) groups excluding carboxylic acids is 2. The second kappa shape index (κ2) is 9.31. The number of morpholine rings is 1. The van der Waals surface area contributed by atoms with E-state index in [1.165, 1.54) is 12.1 Å². The van der Waals surface area contributed by atoms with E-state index < -0.39 is 17.6 Å². The van der Waals surface area contributed by atoms with Gasteiger partial charge in [-0.05, 0) is 62.3 Å². The maximum atomic E-state index is 13.1. The predicted molar refractivity (Wildman–Crippen MR) is 123 cm³/mol. The molecule has 0 saturated carbocycles. The molecule has 0 atom stereocenters. The Balaban J connectivity index is 1.51. The van der Waals surface area contributed by atoms with Gasteiger partial charge in [-0.2, -0.15) is 13.2 Å². The smallest absolute Gasteiger partial charge is 0.370 e. The lowest BCUT2D eigenvalue weighted by Crippen LogP contribution is -2.41. The van der Waals surface area contributed by atoms with E-state index in [-0.39, 0.29) is 30.1 Å². The third-order valence-electron chi connectivity index (χ3n) is 6.32. The second-order valence-electron chi connectivity index (χ2n) is 8.59. The standard InChI is InChI=1S/C24H24F3N5O3/c25-24(26,27)16-3-1-2-15(12-16)22(34)30-23-29-19-13-18(31-10-11-35-14-21(31)33)4-5-20(19)32(23)17-6-8-28-9-7-17/h1-5,12-13,17,28H,6-11,14H2,(H,29,30,34). The molecule has 2 fully saturated rings. The molecule has 11 heteroatoms. The molecule has 2 aliphatic rings. The van der Waals surface area contributed by atoms with Gasteiger partial charge in [0.2, 0.25) is 5.95 Å². The number of amides is 2. The number of rotatable bonds is 4. The Hall–Kier alpha value is -3.44. The molecular weight excluding hydrogens is 463 g/mol. The van der Waals surface area contributed by atoms with Gasteiger partial charge in [-0.15, -0.1) is 0 Å². The van der Waals surface area contributed by atoms with E-state index in [0.717, 1.165) is 43.6 Å². The summed E-state index contributed by atoms with van der Waals surface area (Å²) in [5, 5.41) is 6.03. The summed E-state index contributed by atoms with van der Waals surface area (Å²) in [6.45, 7) is 2.47. The molecular formula is C24H24F3N5O3. The molecule has 2 saturated heterocycles. The van der Waals surface area contributed by atoms with Gasteiger partial charge in [0.05, 0.1) is 23.2 Å². The van der Waals surface area contributed by atoms with Gasteiger partial charge >= 0.3 is 6.18 Å². The Morgan fingerprint density at radius 3 is 2.69 bits per heavy atom. The van der Waals surface area contributed by atoms with E-state index in [2.05, 4.69) is 15.6 Å². The third-order valence-corrected chi connectivity index (χ3v) is 6.32. The number of alkyl halides is 3. The molecule has 2 amide bonds. The van der Waals surface area contributed by atoms with Crippen molar-refractivity contribution in [2.75, 3.05) is 43.1 Å². The van der Waals surface area contributed by atoms with E-state index in [4.69, 9.17) is 4.74 Å². The van der Waals surface area contributed by atoms with E-state index >= 15 is 0 Å². The van der Waals surface area contributed by atoms with Gasteiger partial charge in [0, 0.05) is 23.8 Å². The molecule has 184 valence electrons. The predicted octanol–water partition coefficient (Wildman–Crippen LogP) is 3.60. The largest absolute Gasteiger partial charge is 0.416 e. The minimum atomic E-state index is -4.55. The second-order valence-corrected chi connectivity index (χ2v) is 8.59. The van der Waals surface area contributed by atoms with Crippen LogP contribution in [-0.4, -0.2) is 54.2 Å². The first-order chi connectivity index (χ1) is 16.8. The van der Waals surface area contributed by atoms with Crippen molar-refractivity contribution in [3.05, 3.63) is 53.6 Å². The number of carbonyl (C=O) groups is 2. The number of hydrogen-bond donors (Lipinski definition) is 2. The molecule has 5 rings (SSSR count). The number of halogens is 3. The van der Waals surface area contributed by atoms with Gasteiger partial charge in [-0.25, -0.2) is 4.98 Å². The van der Waals surface area contributed by atoms with Gasteiger partial charge in [0.1, 0.15) is 6.61 Å². The first-order valence-electron chi connectivity index (χ1n) is 11.4. The van der Waals surface area contributed by atoms with Crippen molar-refractivity contribution in [3.8, 4) is 0 Å². The number of nitrogens with one attached hydrogen (secondary N) is 2. The molecule has 0 unspecified atom stereocenters. The van der Waals surface area contributed by atoms with E-state index in [1.807, 2.05) is 16.7 Å². The summed E-state index contributed by atoms with van der Waals surface area (Å²) in [4.78, 5) is 31.5. The Labute approximate surface area is 199 Å². The summed E-state index contributed by atoms with van der Waals surface area (Å²) >= 11 is 0. The molecule has 3 aromatic rings. The van der Waals surface area contributed by atoms with Crippen LogP contribution in [0.1, 0.15) is 34.8 Å². The highest BCUT2D eigenvalue weighted by atomic mass is 19.4. The van der Waals surface area contributed by atoms with Crippen LogP contribution in [0.5, 0.6) is 0 Å². The van der Waals surface area contributed by atoms with Crippen molar-refractivity contribution in [1.82, 2.24) is 14.9 Å². The number of fused-ring (bicyclic) bond motifs is 1. The fourth-order valence-corrected chi connectivity index (χ4v) is 4.58. The van der Waals surface area contributed by atoms with Crippen LogP contribution < -0.4 is 15.5 Å². The Morgan fingerprint density at radius 1 is 1.14 bits per heavy atom. The number of anilines is 2. The molecule has 0 radical (unpaired) electrons. The van der Waals surface area contributed by atoms with E-state index in [0.29, 0.717) is 24.4 Å². The van der Waals surface area contributed by atoms with E-state index in [1.54, 1.807) is 11.0 Å². The highest BCUT2D eigenvalue weighted by molar-refractivity contribution is 6.04. The molecule has 2 N–H and O–H groups in total. The average Bonchev–Trinajstić information content (AvgIpc) is 3.21. The topological polar surface area (TPSA) is 88.5 Å². The maximum Gasteiger partial charge on any atom is 0.416 e. The summed E-state index contributed by atoms with van der Waals surface area (Å²) in [6.07, 6.45) is -2.94. The number of aromatic nitrogens is 2. The number of ether oxygens (including phenoxy) is 1. The van der Waals surface area contributed by atoms with Crippen LogP contribution >= 0.6 is 0 Å². The fourth-order valence-electron chi connectivity index (χ4n) is 4.58. The molecule has 8 nitrogen and oxygen atoms in total. The summed E-state index contributed by atoms with van der Waals surface area (Å²) in [5.74, 6) is -0.559. The summed E-state index contributed by atoms with van der Waals surface area (Å²) in [6, 6.07) is 9.84. The summed E-state index contributed by atoms with van der Waals surface area (Å²) in [7, 11) is 0. The highest BCUT2D eigenvalue weighted by Gasteiger charge is 2.31. The van der Waals surface area contributed by atoms with Crippen molar-refractivity contribution in [1.29, 1.82) is 0 Å². The Kier molecular flexibility index (Phi) is 6.20. The zero-order valence-electron chi connectivity index (χ0n) is 18.8. The SMILES string of the molecule is O=C(Nc1nc2cc(N3CCOCC3=O)ccc2n1C1CCNCC1)c1cccc(C(F)(F)F)c1. The minimum Gasteiger partial charge on any atom is -0.370 e. The molecule has 35 heavy (non-hydrogen) atoms. The quantitative estimate of drug-likeness (QED) is 0.587. The van der Waals surface area contributed by atoms with Crippen molar-refractivity contribution in [2.45, 2.75) is 25.1 Å². The molecule has 0 aliphatic carbocycles. The van der Waals surface area contributed by atoms with Crippen LogP contribution in [0, 0.1) is 0 Å². The lowest BCUT2D eigenvalue weighted by molar-refractivity contribution is -0.137. The lowest BCUT2D eigenvalue weighted by Gasteiger charge is -2.27. The van der Waals surface area contributed by atoms with Crippen molar-refractivity contribution in [3.63, 3.8) is 0 Å². The van der Waals surface area contributed by atoms with Gasteiger partial charge in [-0.3, -0.25) is 14.9 Å². The number of benzene rings is 2. The van der Waals surface area contributed by atoms with Gasteiger partial charge in [-0.1, -0.05) is 6.07 Å². The van der Waals surface area contributed by atoms with Gasteiger partial charge in [0.15, 0.2) is 0 Å². The van der Waals surface area contributed by atoms with Crippen LogP contribution in [0.4, 0.5) is 24.8 Å². The molecule has 2 aliphatic heterocycles. The zero-order valence-corrected chi connectivity index (χ0v) is 18.8. The summed E-state index contributed by atoms with van der Waals surface area (Å²) < 4.78 is 46.5. The van der Waals surface area contributed by atoms with Crippen LogP contribution in [0.3, 0.4) is 0 Å². The number of piperidine rings is 1. The van der Waals surface area contributed by atoms with Crippen LogP contribution in [0.15, 0.2) is 42.5 Å². The monoisotopic (exact) mass is 487 g/mol. The number of nitrogens with zero attached hydrogens (tertiary/aromatic N) is 3. The maximum absolute atomic E-state index is 13.1. The first kappa shape index (κ1) is 23.3. The average molecular weight is 487 g/mol.